The Labute approximate surface area is 98.4 Å². The molecule has 1 aliphatic carbocycles. The first-order valence-corrected chi connectivity index (χ1v) is 5.89. The summed E-state index contributed by atoms with van der Waals surface area (Å²) in [5, 5.41) is 19.2. The van der Waals surface area contributed by atoms with E-state index in [4.69, 9.17) is 4.74 Å². The van der Waals surface area contributed by atoms with Crippen molar-refractivity contribution in [1.82, 2.24) is 4.98 Å². The molecule has 3 rings (SSSR count). The number of aromatic nitrogens is 1. The van der Waals surface area contributed by atoms with Gasteiger partial charge in [-0.2, -0.15) is 0 Å². The molecule has 1 aromatic rings. The van der Waals surface area contributed by atoms with E-state index in [9.17, 15) is 15.0 Å². The number of carbonyl (C=O) groups excluding carboxylic acids is 1. The maximum atomic E-state index is 11.7. The molecular formula is C12H15NO4. The summed E-state index contributed by atoms with van der Waals surface area (Å²) in [6, 6.07) is 1.75. The highest BCUT2D eigenvalue weighted by Gasteiger charge is 2.37. The first kappa shape index (κ1) is 11.0. The molecule has 17 heavy (non-hydrogen) atoms. The second-order valence-electron chi connectivity index (χ2n) is 4.71. The van der Waals surface area contributed by atoms with E-state index in [1.54, 1.807) is 6.07 Å². The molecule has 0 unspecified atom stereocenters. The van der Waals surface area contributed by atoms with Crippen LogP contribution in [0, 0.1) is 0 Å². The van der Waals surface area contributed by atoms with Gasteiger partial charge in [0.1, 0.15) is 18.3 Å². The molecule has 1 fully saturated rings. The van der Waals surface area contributed by atoms with Gasteiger partial charge >= 0.3 is 0 Å². The molecular weight excluding hydrogens is 222 g/mol. The van der Waals surface area contributed by atoms with Crippen molar-refractivity contribution in [3.63, 3.8) is 0 Å². The Balaban J connectivity index is 1.92. The molecule has 1 saturated heterocycles. The van der Waals surface area contributed by atoms with Gasteiger partial charge in [-0.1, -0.05) is 0 Å². The summed E-state index contributed by atoms with van der Waals surface area (Å²) < 4.78 is 5.33. The molecule has 0 amide bonds. The number of aliphatic hydroxyl groups is 2. The fourth-order valence-electron chi connectivity index (χ4n) is 2.55. The molecule has 0 bridgehead atoms. The largest absolute Gasteiger partial charge is 0.388 e. The van der Waals surface area contributed by atoms with Gasteiger partial charge in [0.25, 0.3) is 0 Å². The van der Waals surface area contributed by atoms with Crippen LogP contribution in [0.4, 0.5) is 0 Å². The Morgan fingerprint density at radius 2 is 2.18 bits per heavy atom. The van der Waals surface area contributed by atoms with Gasteiger partial charge in [-0.15, -0.1) is 0 Å². The highest BCUT2D eigenvalue weighted by atomic mass is 16.5. The number of fused-ring (bicyclic) bond motifs is 1. The summed E-state index contributed by atoms with van der Waals surface area (Å²) in [7, 11) is 0. The van der Waals surface area contributed by atoms with Crippen molar-refractivity contribution in [2.75, 3.05) is 6.61 Å². The number of rotatable bonds is 1. The second-order valence-corrected chi connectivity index (χ2v) is 4.71. The summed E-state index contributed by atoms with van der Waals surface area (Å²) in [4.78, 5) is 14.8. The summed E-state index contributed by atoms with van der Waals surface area (Å²) in [6.07, 6.45) is -0.0275. The Morgan fingerprint density at radius 3 is 2.82 bits per heavy atom. The molecule has 1 aromatic heterocycles. The van der Waals surface area contributed by atoms with Crippen molar-refractivity contribution in [2.45, 2.75) is 37.6 Å². The van der Waals surface area contributed by atoms with Crippen molar-refractivity contribution in [1.29, 1.82) is 0 Å². The molecule has 3 N–H and O–H groups in total. The summed E-state index contributed by atoms with van der Waals surface area (Å²) in [5.41, 5.74) is 2.33. The average Bonchev–Trinajstić information content (AvgIpc) is 2.85. The lowest BCUT2D eigenvalue weighted by atomic mass is 9.96. The summed E-state index contributed by atoms with van der Waals surface area (Å²) in [6.45, 7) is 0.128. The van der Waals surface area contributed by atoms with E-state index in [1.807, 2.05) is 0 Å². The van der Waals surface area contributed by atoms with E-state index in [0.717, 1.165) is 18.5 Å². The van der Waals surface area contributed by atoms with Crippen LogP contribution in [0.3, 0.4) is 0 Å². The van der Waals surface area contributed by atoms with Crippen LogP contribution < -0.4 is 0 Å². The van der Waals surface area contributed by atoms with Crippen molar-refractivity contribution in [2.24, 2.45) is 0 Å². The van der Waals surface area contributed by atoms with Gasteiger partial charge in [-0.25, -0.2) is 0 Å². The molecule has 0 radical (unpaired) electrons. The highest BCUT2D eigenvalue weighted by molar-refractivity contribution is 5.98. The second kappa shape index (κ2) is 3.94. The Morgan fingerprint density at radius 1 is 1.35 bits per heavy atom. The first-order valence-electron chi connectivity index (χ1n) is 5.89. The minimum atomic E-state index is -0.926. The van der Waals surface area contributed by atoms with Crippen LogP contribution in [-0.4, -0.2) is 39.8 Å². The molecule has 92 valence electrons. The lowest BCUT2D eigenvalue weighted by Crippen LogP contribution is -2.25. The van der Waals surface area contributed by atoms with E-state index in [2.05, 4.69) is 4.98 Å². The molecule has 2 aliphatic rings. The maximum Gasteiger partial charge on any atom is 0.164 e. The van der Waals surface area contributed by atoms with Crippen LogP contribution in [-0.2, 0) is 11.2 Å². The Bertz CT molecular complexity index is 453. The minimum absolute atomic E-state index is 0.128. The Hall–Kier alpha value is -1.17. The van der Waals surface area contributed by atoms with Crippen LogP contribution >= 0.6 is 0 Å². The predicted octanol–water partition coefficient (Wildman–Crippen LogP) is 0.327. The molecule has 2 heterocycles. The van der Waals surface area contributed by atoms with E-state index >= 15 is 0 Å². The van der Waals surface area contributed by atoms with E-state index in [0.29, 0.717) is 17.7 Å². The van der Waals surface area contributed by atoms with Gasteiger partial charge in [0.2, 0.25) is 0 Å². The van der Waals surface area contributed by atoms with Gasteiger partial charge in [0.15, 0.2) is 5.78 Å². The van der Waals surface area contributed by atoms with Crippen molar-refractivity contribution in [3.8, 4) is 0 Å². The van der Waals surface area contributed by atoms with Gasteiger partial charge in [-0.05, 0) is 18.9 Å². The molecule has 0 spiro atoms. The third-order valence-electron chi connectivity index (χ3n) is 3.51. The number of hydrogen-bond acceptors (Lipinski definition) is 4. The smallest absolute Gasteiger partial charge is 0.164 e. The number of ether oxygens (including phenoxy) is 1. The third-order valence-corrected chi connectivity index (χ3v) is 3.51. The van der Waals surface area contributed by atoms with Gasteiger partial charge < -0.3 is 19.9 Å². The molecule has 0 saturated carbocycles. The minimum Gasteiger partial charge on any atom is -0.388 e. The van der Waals surface area contributed by atoms with Gasteiger partial charge in [0.05, 0.1) is 6.61 Å². The SMILES string of the molecule is O=C1CCCc2[nH]c([C@H]3OC[C@@H](O)[C@@H]3O)cc21. The van der Waals surface area contributed by atoms with E-state index in [1.165, 1.54) is 0 Å². The number of hydrogen-bond donors (Lipinski definition) is 3. The van der Waals surface area contributed by atoms with Crippen LogP contribution in [0.1, 0.15) is 40.7 Å². The zero-order valence-electron chi connectivity index (χ0n) is 9.35. The van der Waals surface area contributed by atoms with Gasteiger partial charge in [-0.3, -0.25) is 4.79 Å². The van der Waals surface area contributed by atoms with Crippen LogP contribution in [0.25, 0.3) is 0 Å². The zero-order chi connectivity index (χ0) is 12.0. The monoisotopic (exact) mass is 237 g/mol. The standard InChI is InChI=1S/C12H15NO4/c14-9-3-1-2-7-6(9)4-8(13-7)12-11(16)10(15)5-17-12/h4,10-13,15-16H,1-3,5H2/t10-,11+,12-/m1/s1. The fourth-order valence-corrected chi connectivity index (χ4v) is 2.55. The van der Waals surface area contributed by atoms with E-state index < -0.39 is 18.3 Å². The number of aryl methyl sites for hydroxylation is 1. The van der Waals surface area contributed by atoms with Crippen molar-refractivity contribution < 1.29 is 19.7 Å². The highest BCUT2D eigenvalue weighted by Crippen LogP contribution is 2.32. The number of Topliss-reactive ketones (excluding diaryl/α,β-unsaturated/α-hetero) is 1. The number of H-pyrrole nitrogens is 1. The van der Waals surface area contributed by atoms with Crippen LogP contribution in [0.5, 0.6) is 0 Å². The molecule has 0 aromatic carbocycles. The topological polar surface area (TPSA) is 82.6 Å². The third kappa shape index (κ3) is 1.71. The summed E-state index contributed by atoms with van der Waals surface area (Å²) in [5.74, 6) is 0.141. The maximum absolute atomic E-state index is 11.7. The molecule has 5 nitrogen and oxygen atoms in total. The lowest BCUT2D eigenvalue weighted by Gasteiger charge is -2.13. The Kier molecular flexibility index (Phi) is 2.54. The number of ketones is 1. The van der Waals surface area contributed by atoms with Crippen molar-refractivity contribution in [3.05, 3.63) is 23.0 Å². The zero-order valence-corrected chi connectivity index (χ0v) is 9.35. The molecule has 1 aliphatic heterocycles. The number of nitrogens with one attached hydrogen (secondary N) is 1. The van der Waals surface area contributed by atoms with Crippen molar-refractivity contribution >= 4 is 5.78 Å². The molecule has 3 atom stereocenters. The normalized spacial score (nSPS) is 32.8. The number of aliphatic hydroxyl groups excluding tert-OH is 2. The van der Waals surface area contributed by atoms with Crippen LogP contribution in [0.2, 0.25) is 0 Å². The molecule has 5 heteroatoms. The fraction of sp³-hybridized carbons (Fsp3) is 0.583. The predicted molar refractivity (Wildman–Crippen MR) is 58.8 cm³/mol. The van der Waals surface area contributed by atoms with Gasteiger partial charge in [0, 0.05) is 23.4 Å². The van der Waals surface area contributed by atoms with Crippen LogP contribution in [0.15, 0.2) is 6.07 Å². The number of carbonyl (C=O) groups is 1. The average molecular weight is 237 g/mol. The number of aromatic amines is 1. The lowest BCUT2D eigenvalue weighted by molar-refractivity contribution is 0.0207. The van der Waals surface area contributed by atoms with E-state index in [-0.39, 0.29) is 12.4 Å². The quantitative estimate of drug-likeness (QED) is 0.657. The first-order chi connectivity index (χ1) is 8.16. The summed E-state index contributed by atoms with van der Waals surface area (Å²) >= 11 is 0.